The van der Waals surface area contributed by atoms with Gasteiger partial charge in [0, 0.05) is 64.4 Å². The maximum atomic E-state index is 12.6. The second kappa shape index (κ2) is 15.1. The van der Waals surface area contributed by atoms with Crippen molar-refractivity contribution >= 4 is 11.8 Å². The van der Waals surface area contributed by atoms with Crippen LogP contribution in [0.3, 0.4) is 0 Å². The van der Waals surface area contributed by atoms with E-state index < -0.39 is 0 Å². The van der Waals surface area contributed by atoms with Crippen molar-refractivity contribution in [3.63, 3.8) is 0 Å². The number of hydrogen-bond acceptors (Lipinski definition) is 7. The molecule has 1 N–H and O–H groups in total. The van der Waals surface area contributed by atoms with Crippen molar-refractivity contribution in [1.29, 1.82) is 0 Å². The number of amides is 2. The minimum atomic E-state index is -0.0108. The molecule has 4 rings (SSSR count). The zero-order valence-electron chi connectivity index (χ0n) is 24.4. The molecule has 0 unspecified atom stereocenters. The second-order valence-electron chi connectivity index (χ2n) is 10.4. The highest BCUT2D eigenvalue weighted by Crippen LogP contribution is 2.27. The molecule has 9 nitrogen and oxygen atoms in total. The summed E-state index contributed by atoms with van der Waals surface area (Å²) >= 11 is 0. The van der Waals surface area contributed by atoms with Gasteiger partial charge in [-0.15, -0.1) is 0 Å². The lowest BCUT2D eigenvalue weighted by atomic mass is 9.97. The Morgan fingerprint density at radius 1 is 0.951 bits per heavy atom. The molecule has 0 aliphatic carbocycles. The molecule has 1 saturated heterocycles. The Balaban J connectivity index is 1.25. The van der Waals surface area contributed by atoms with Gasteiger partial charge in [0.1, 0.15) is 6.61 Å². The van der Waals surface area contributed by atoms with Crippen molar-refractivity contribution in [1.82, 2.24) is 25.1 Å². The third-order valence-corrected chi connectivity index (χ3v) is 7.44. The highest BCUT2D eigenvalue weighted by Gasteiger charge is 2.22. The molecule has 2 aromatic carbocycles. The molecule has 9 heteroatoms. The van der Waals surface area contributed by atoms with Crippen LogP contribution in [-0.2, 0) is 22.7 Å². The van der Waals surface area contributed by atoms with Crippen molar-refractivity contribution in [2.75, 3.05) is 39.8 Å². The number of methoxy groups -OCH3 is 1. The summed E-state index contributed by atoms with van der Waals surface area (Å²) in [7, 11) is 1.61. The third-order valence-electron chi connectivity index (χ3n) is 7.44. The normalized spacial score (nSPS) is 13.6. The number of hydrogen-bond donors (Lipinski definition) is 1. The van der Waals surface area contributed by atoms with E-state index in [9.17, 15) is 9.59 Å². The van der Waals surface area contributed by atoms with E-state index >= 15 is 0 Å². The fraction of sp³-hybridized carbons (Fsp3) is 0.438. The van der Waals surface area contributed by atoms with Crippen LogP contribution >= 0.6 is 0 Å². The predicted octanol–water partition coefficient (Wildman–Crippen LogP) is 4.38. The Morgan fingerprint density at radius 2 is 1.73 bits per heavy atom. The van der Waals surface area contributed by atoms with Gasteiger partial charge in [0.05, 0.1) is 7.11 Å². The standard InChI is InChI=1S/C32H41N5O4/c1-24-27(13-10-14-29(24)26-11-6-4-7-12-26)23-41-32-34-21-28(31(35-32)40-3)22-36-17-19-37(20-18-36)30(39)15-8-5-9-16-33-25(2)38/h4,6-7,10-14,21H,5,8-9,15-20,22-23H2,1-3H3,(H,33,38). The molecule has 41 heavy (non-hydrogen) atoms. The highest BCUT2D eigenvalue weighted by molar-refractivity contribution is 5.76. The van der Waals surface area contributed by atoms with Crippen molar-refractivity contribution in [3.8, 4) is 23.0 Å². The molecule has 0 radical (unpaired) electrons. The summed E-state index contributed by atoms with van der Waals surface area (Å²) in [5.41, 5.74) is 5.49. The van der Waals surface area contributed by atoms with Crippen molar-refractivity contribution in [2.45, 2.75) is 52.7 Å². The van der Waals surface area contributed by atoms with Crippen LogP contribution < -0.4 is 14.8 Å². The summed E-state index contributed by atoms with van der Waals surface area (Å²) in [5.74, 6) is 0.696. The molecule has 1 fully saturated rings. The van der Waals surface area contributed by atoms with Crippen LogP contribution in [0, 0.1) is 6.92 Å². The van der Waals surface area contributed by atoms with Gasteiger partial charge in [0.2, 0.25) is 17.7 Å². The molecule has 0 atom stereocenters. The van der Waals surface area contributed by atoms with Gasteiger partial charge in [-0.25, -0.2) is 4.98 Å². The van der Waals surface area contributed by atoms with Gasteiger partial charge in [-0.05, 0) is 42.0 Å². The molecule has 0 spiro atoms. The molecule has 2 amide bonds. The molecule has 1 aliphatic heterocycles. The average Bonchev–Trinajstić information content (AvgIpc) is 2.99. The summed E-state index contributed by atoms with van der Waals surface area (Å²) in [6.45, 7) is 8.28. The van der Waals surface area contributed by atoms with Crippen LogP contribution in [0.4, 0.5) is 0 Å². The molecular weight excluding hydrogens is 518 g/mol. The summed E-state index contributed by atoms with van der Waals surface area (Å²) in [6.07, 6.45) is 5.01. The van der Waals surface area contributed by atoms with E-state index in [1.54, 1.807) is 13.3 Å². The van der Waals surface area contributed by atoms with E-state index in [0.29, 0.717) is 45.1 Å². The number of nitrogens with one attached hydrogen (secondary N) is 1. The summed E-state index contributed by atoms with van der Waals surface area (Å²) in [6, 6.07) is 16.8. The predicted molar refractivity (Wildman–Crippen MR) is 159 cm³/mol. The van der Waals surface area contributed by atoms with Gasteiger partial charge in [-0.1, -0.05) is 55.0 Å². The zero-order chi connectivity index (χ0) is 29.0. The third kappa shape index (κ3) is 8.75. The smallest absolute Gasteiger partial charge is 0.320 e. The largest absolute Gasteiger partial charge is 0.481 e. The monoisotopic (exact) mass is 559 g/mol. The summed E-state index contributed by atoms with van der Waals surface area (Å²) < 4.78 is 11.6. The lowest BCUT2D eigenvalue weighted by molar-refractivity contribution is -0.133. The Labute approximate surface area is 242 Å². The van der Waals surface area contributed by atoms with E-state index in [-0.39, 0.29) is 17.8 Å². The van der Waals surface area contributed by atoms with Crippen LogP contribution in [-0.4, -0.2) is 71.4 Å². The molecule has 1 aliphatic rings. The number of piperazine rings is 1. The topological polar surface area (TPSA) is 96.9 Å². The van der Waals surface area contributed by atoms with Gasteiger partial charge in [0.15, 0.2) is 0 Å². The lowest BCUT2D eigenvalue weighted by Crippen LogP contribution is -2.48. The Bertz CT molecular complexity index is 1290. The van der Waals surface area contributed by atoms with Crippen LogP contribution in [0.5, 0.6) is 11.9 Å². The van der Waals surface area contributed by atoms with Gasteiger partial charge in [-0.2, -0.15) is 4.98 Å². The summed E-state index contributed by atoms with van der Waals surface area (Å²) in [5, 5.41) is 2.79. The fourth-order valence-corrected chi connectivity index (χ4v) is 5.04. The Kier molecular flexibility index (Phi) is 11.1. The van der Waals surface area contributed by atoms with E-state index in [0.717, 1.165) is 43.5 Å². The van der Waals surface area contributed by atoms with Gasteiger partial charge in [-0.3, -0.25) is 14.5 Å². The molecule has 2 heterocycles. The number of rotatable bonds is 13. The van der Waals surface area contributed by atoms with Gasteiger partial charge in [0.25, 0.3) is 0 Å². The van der Waals surface area contributed by atoms with E-state index in [1.807, 2.05) is 29.2 Å². The number of benzene rings is 2. The Hall–Kier alpha value is -3.98. The first-order chi connectivity index (χ1) is 19.9. The average molecular weight is 560 g/mol. The fourth-order valence-electron chi connectivity index (χ4n) is 5.04. The number of aromatic nitrogens is 2. The van der Waals surface area contributed by atoms with E-state index in [4.69, 9.17) is 9.47 Å². The second-order valence-corrected chi connectivity index (χ2v) is 10.4. The number of unbranched alkanes of at least 4 members (excludes halogenated alkanes) is 2. The van der Waals surface area contributed by atoms with E-state index in [2.05, 4.69) is 51.4 Å². The first-order valence-corrected chi connectivity index (χ1v) is 14.4. The van der Waals surface area contributed by atoms with Crippen molar-refractivity contribution in [2.24, 2.45) is 0 Å². The minimum Gasteiger partial charge on any atom is -0.481 e. The lowest BCUT2D eigenvalue weighted by Gasteiger charge is -2.34. The van der Waals surface area contributed by atoms with Crippen LogP contribution in [0.1, 0.15) is 49.3 Å². The highest BCUT2D eigenvalue weighted by atomic mass is 16.5. The minimum absolute atomic E-state index is 0.0108. The number of carbonyl (C=O) groups excluding carboxylic acids is 2. The van der Waals surface area contributed by atoms with Crippen molar-refractivity contribution in [3.05, 3.63) is 71.4 Å². The quantitative estimate of drug-likeness (QED) is 0.311. The van der Waals surface area contributed by atoms with Crippen LogP contribution in [0.25, 0.3) is 11.1 Å². The maximum Gasteiger partial charge on any atom is 0.320 e. The first-order valence-electron chi connectivity index (χ1n) is 14.4. The van der Waals surface area contributed by atoms with Gasteiger partial charge < -0.3 is 19.7 Å². The Morgan fingerprint density at radius 3 is 2.46 bits per heavy atom. The molecular formula is C32H41N5O4. The van der Waals surface area contributed by atoms with Crippen LogP contribution in [0.15, 0.2) is 54.7 Å². The number of ether oxygens (including phenoxy) is 2. The molecule has 218 valence electrons. The molecule has 3 aromatic rings. The zero-order valence-corrected chi connectivity index (χ0v) is 24.4. The summed E-state index contributed by atoms with van der Waals surface area (Å²) in [4.78, 5) is 36.7. The SMILES string of the molecule is COc1nc(OCc2cccc(-c3ccccc3)c2C)ncc1CN1CCN(C(=O)CCCCCNC(C)=O)CC1. The molecule has 1 aromatic heterocycles. The van der Waals surface area contributed by atoms with Gasteiger partial charge >= 0.3 is 6.01 Å². The number of carbonyl (C=O) groups is 2. The number of nitrogens with zero attached hydrogens (tertiary/aromatic N) is 4. The maximum absolute atomic E-state index is 12.6. The van der Waals surface area contributed by atoms with E-state index in [1.165, 1.54) is 23.6 Å². The van der Waals surface area contributed by atoms with Crippen LogP contribution in [0.2, 0.25) is 0 Å². The molecule has 0 saturated carbocycles. The molecule has 0 bridgehead atoms. The van der Waals surface area contributed by atoms with Crippen molar-refractivity contribution < 1.29 is 19.1 Å². The first kappa shape index (κ1) is 30.0.